The molecular weight excluding hydrogens is 278 g/mol. The molecule has 116 valence electrons. The maximum Gasteiger partial charge on any atom is 0.202 e. The van der Waals surface area contributed by atoms with Crippen molar-refractivity contribution in [1.82, 2.24) is 4.57 Å². The SMILES string of the molecule is COc1ccccc1OCC(=O)c1cc(C)n(C2CC2)c1C. The van der Waals surface area contributed by atoms with Crippen LogP contribution >= 0.6 is 0 Å². The van der Waals surface area contributed by atoms with Gasteiger partial charge >= 0.3 is 0 Å². The van der Waals surface area contributed by atoms with Crippen LogP contribution in [0, 0.1) is 13.8 Å². The first kappa shape index (κ1) is 14.7. The largest absolute Gasteiger partial charge is 0.493 e. The van der Waals surface area contributed by atoms with Crippen LogP contribution in [0.2, 0.25) is 0 Å². The lowest BCUT2D eigenvalue weighted by molar-refractivity contribution is 0.0918. The summed E-state index contributed by atoms with van der Waals surface area (Å²) in [6.45, 7) is 4.10. The van der Waals surface area contributed by atoms with E-state index in [0.717, 1.165) is 17.0 Å². The summed E-state index contributed by atoms with van der Waals surface area (Å²) >= 11 is 0. The second kappa shape index (κ2) is 5.87. The molecule has 1 aliphatic rings. The minimum absolute atomic E-state index is 0.00547. The standard InChI is InChI=1S/C18H21NO3/c1-12-10-15(13(2)19(12)14-8-9-14)16(20)11-22-18-7-5-4-6-17(18)21-3/h4-7,10,14H,8-9,11H2,1-3H3. The molecule has 0 saturated heterocycles. The molecule has 0 aliphatic heterocycles. The van der Waals surface area contributed by atoms with E-state index in [4.69, 9.17) is 9.47 Å². The Labute approximate surface area is 130 Å². The second-order valence-corrected chi connectivity index (χ2v) is 5.75. The van der Waals surface area contributed by atoms with E-state index in [1.165, 1.54) is 12.8 Å². The Kier molecular flexibility index (Phi) is 3.92. The van der Waals surface area contributed by atoms with E-state index >= 15 is 0 Å². The number of carbonyl (C=O) groups excluding carboxylic acids is 1. The first-order valence-corrected chi connectivity index (χ1v) is 7.59. The molecule has 3 rings (SSSR count). The monoisotopic (exact) mass is 299 g/mol. The number of hydrogen-bond acceptors (Lipinski definition) is 3. The Balaban J connectivity index is 1.74. The van der Waals surface area contributed by atoms with Crippen LogP contribution in [0.4, 0.5) is 0 Å². The molecule has 22 heavy (non-hydrogen) atoms. The third-order valence-corrected chi connectivity index (χ3v) is 4.12. The highest BCUT2D eigenvalue weighted by atomic mass is 16.5. The number of aryl methyl sites for hydroxylation is 1. The minimum atomic E-state index is 0.00547. The first-order chi connectivity index (χ1) is 10.6. The van der Waals surface area contributed by atoms with Gasteiger partial charge in [0.05, 0.1) is 7.11 Å². The summed E-state index contributed by atoms with van der Waals surface area (Å²) in [5, 5.41) is 0. The molecule has 1 heterocycles. The van der Waals surface area contributed by atoms with Crippen molar-refractivity contribution in [1.29, 1.82) is 0 Å². The van der Waals surface area contributed by atoms with Gasteiger partial charge in [0.25, 0.3) is 0 Å². The molecule has 1 aliphatic carbocycles. The van der Waals surface area contributed by atoms with Gasteiger partial charge in [-0.1, -0.05) is 12.1 Å². The number of carbonyl (C=O) groups is 1. The Morgan fingerprint density at radius 2 is 1.91 bits per heavy atom. The van der Waals surface area contributed by atoms with Crippen molar-refractivity contribution < 1.29 is 14.3 Å². The average molecular weight is 299 g/mol. The van der Waals surface area contributed by atoms with Gasteiger partial charge in [-0.15, -0.1) is 0 Å². The van der Waals surface area contributed by atoms with Crippen molar-refractivity contribution in [2.24, 2.45) is 0 Å². The van der Waals surface area contributed by atoms with Crippen molar-refractivity contribution in [3.8, 4) is 11.5 Å². The van der Waals surface area contributed by atoms with Crippen LogP contribution in [0.5, 0.6) is 11.5 Å². The Bertz CT molecular complexity index is 698. The molecule has 4 nitrogen and oxygen atoms in total. The lowest BCUT2D eigenvalue weighted by Gasteiger charge is -2.10. The molecule has 2 aromatic rings. The summed E-state index contributed by atoms with van der Waals surface area (Å²) in [4.78, 5) is 12.5. The Morgan fingerprint density at radius 3 is 2.55 bits per heavy atom. The highest BCUT2D eigenvalue weighted by molar-refractivity contribution is 5.98. The highest BCUT2D eigenvalue weighted by Gasteiger charge is 2.28. The van der Waals surface area contributed by atoms with Gasteiger partial charge in [-0.2, -0.15) is 0 Å². The lowest BCUT2D eigenvalue weighted by Crippen LogP contribution is -2.13. The fourth-order valence-electron chi connectivity index (χ4n) is 2.91. The van der Waals surface area contributed by atoms with Gasteiger partial charge in [0.1, 0.15) is 0 Å². The molecule has 1 aromatic carbocycles. The number of ether oxygens (including phenoxy) is 2. The van der Waals surface area contributed by atoms with E-state index in [-0.39, 0.29) is 12.4 Å². The van der Waals surface area contributed by atoms with E-state index in [9.17, 15) is 4.79 Å². The van der Waals surface area contributed by atoms with Gasteiger partial charge in [0, 0.05) is 23.0 Å². The quantitative estimate of drug-likeness (QED) is 0.763. The Hall–Kier alpha value is -2.23. The van der Waals surface area contributed by atoms with E-state index in [1.54, 1.807) is 13.2 Å². The van der Waals surface area contributed by atoms with Gasteiger partial charge in [-0.25, -0.2) is 0 Å². The van der Waals surface area contributed by atoms with E-state index in [2.05, 4.69) is 11.5 Å². The van der Waals surface area contributed by atoms with E-state index in [0.29, 0.717) is 17.5 Å². The molecule has 0 bridgehead atoms. The molecule has 1 fully saturated rings. The van der Waals surface area contributed by atoms with Crippen molar-refractivity contribution in [2.45, 2.75) is 32.7 Å². The molecule has 0 atom stereocenters. The molecule has 4 heteroatoms. The number of nitrogens with zero attached hydrogens (tertiary/aromatic N) is 1. The summed E-state index contributed by atoms with van der Waals surface area (Å²) in [5.41, 5.74) is 2.97. The van der Waals surface area contributed by atoms with Gasteiger partial charge < -0.3 is 14.0 Å². The zero-order valence-corrected chi connectivity index (χ0v) is 13.3. The van der Waals surface area contributed by atoms with Gasteiger partial charge in [0.15, 0.2) is 18.1 Å². The number of aromatic nitrogens is 1. The topological polar surface area (TPSA) is 40.5 Å². The van der Waals surface area contributed by atoms with Crippen LogP contribution in [-0.2, 0) is 0 Å². The third kappa shape index (κ3) is 2.73. The van der Waals surface area contributed by atoms with E-state index in [1.807, 2.05) is 31.2 Å². The maximum absolute atomic E-state index is 12.5. The lowest BCUT2D eigenvalue weighted by atomic mass is 10.1. The molecule has 1 aromatic heterocycles. The number of benzene rings is 1. The molecule has 0 amide bonds. The minimum Gasteiger partial charge on any atom is -0.493 e. The van der Waals surface area contributed by atoms with Crippen LogP contribution in [0.1, 0.15) is 40.6 Å². The highest BCUT2D eigenvalue weighted by Crippen LogP contribution is 2.38. The molecule has 0 N–H and O–H groups in total. The molecule has 0 unspecified atom stereocenters. The van der Waals surface area contributed by atoms with Crippen LogP contribution in [0.15, 0.2) is 30.3 Å². The smallest absolute Gasteiger partial charge is 0.202 e. The molecular formula is C18H21NO3. The summed E-state index contributed by atoms with van der Waals surface area (Å²) < 4.78 is 13.1. The number of rotatable bonds is 6. The normalized spacial score (nSPS) is 14.0. The number of para-hydroxylation sites is 2. The van der Waals surface area contributed by atoms with Crippen LogP contribution in [0.25, 0.3) is 0 Å². The van der Waals surface area contributed by atoms with Gasteiger partial charge in [-0.05, 0) is 44.9 Å². The van der Waals surface area contributed by atoms with Crippen LogP contribution in [0.3, 0.4) is 0 Å². The van der Waals surface area contributed by atoms with Crippen molar-refractivity contribution in [3.05, 3.63) is 47.3 Å². The van der Waals surface area contributed by atoms with Crippen molar-refractivity contribution >= 4 is 5.78 Å². The second-order valence-electron chi connectivity index (χ2n) is 5.75. The molecule has 0 spiro atoms. The van der Waals surface area contributed by atoms with Crippen molar-refractivity contribution in [2.75, 3.05) is 13.7 Å². The number of hydrogen-bond donors (Lipinski definition) is 0. The predicted octanol–water partition coefficient (Wildman–Crippen LogP) is 3.71. The summed E-state index contributed by atoms with van der Waals surface area (Å²) in [7, 11) is 1.59. The average Bonchev–Trinajstić information content (AvgIpc) is 3.30. The van der Waals surface area contributed by atoms with Gasteiger partial charge in [-0.3, -0.25) is 4.79 Å². The van der Waals surface area contributed by atoms with Gasteiger partial charge in [0.2, 0.25) is 5.78 Å². The van der Waals surface area contributed by atoms with Crippen LogP contribution < -0.4 is 9.47 Å². The Morgan fingerprint density at radius 1 is 1.23 bits per heavy atom. The fourth-order valence-corrected chi connectivity index (χ4v) is 2.91. The molecule has 0 radical (unpaired) electrons. The molecule has 1 saturated carbocycles. The summed E-state index contributed by atoms with van der Waals surface area (Å²) in [6, 6.07) is 9.91. The third-order valence-electron chi connectivity index (χ3n) is 4.12. The predicted molar refractivity (Wildman–Crippen MR) is 85.0 cm³/mol. The number of methoxy groups -OCH3 is 1. The zero-order chi connectivity index (χ0) is 15.7. The summed E-state index contributed by atoms with van der Waals surface area (Å²) in [6.07, 6.45) is 2.42. The van der Waals surface area contributed by atoms with Crippen LogP contribution in [-0.4, -0.2) is 24.1 Å². The van der Waals surface area contributed by atoms with Crippen molar-refractivity contribution in [3.63, 3.8) is 0 Å². The maximum atomic E-state index is 12.5. The number of ketones is 1. The van der Waals surface area contributed by atoms with E-state index < -0.39 is 0 Å². The number of Topliss-reactive ketones (excluding diaryl/α,β-unsaturated/α-hetero) is 1. The summed E-state index contributed by atoms with van der Waals surface area (Å²) in [5.74, 6) is 1.24. The zero-order valence-electron chi connectivity index (χ0n) is 13.3. The fraction of sp³-hybridized carbons (Fsp3) is 0.389. The first-order valence-electron chi connectivity index (χ1n) is 7.59.